The van der Waals surface area contributed by atoms with Gasteiger partial charge in [0.1, 0.15) is 5.75 Å². The van der Waals surface area contributed by atoms with Gasteiger partial charge in [0.25, 0.3) is 5.91 Å². The van der Waals surface area contributed by atoms with Crippen molar-refractivity contribution in [1.29, 1.82) is 0 Å². The van der Waals surface area contributed by atoms with Gasteiger partial charge in [-0.05, 0) is 43.3 Å². The summed E-state index contributed by atoms with van der Waals surface area (Å²) in [5, 5.41) is 3.79. The number of halogens is 2. The standard InChI is InChI=1S/C18H18F2N2O4/c1-3-25-15-6-4-5-13(16(15)26-18(19)20)11-21-22-17(23)12-7-9-14(24-2)10-8-12/h4-11,18H,3H2,1-2H3,(H,22,23)/b21-11-. The summed E-state index contributed by atoms with van der Waals surface area (Å²) in [6.45, 7) is -1.01. The molecule has 26 heavy (non-hydrogen) atoms. The number of hydrogen-bond donors (Lipinski definition) is 1. The number of carbonyl (C=O) groups excluding carboxylic acids is 1. The van der Waals surface area contributed by atoms with Crippen molar-refractivity contribution in [3.63, 3.8) is 0 Å². The summed E-state index contributed by atoms with van der Waals surface area (Å²) in [4.78, 5) is 12.0. The lowest BCUT2D eigenvalue weighted by Crippen LogP contribution is -2.17. The highest BCUT2D eigenvalue weighted by Crippen LogP contribution is 2.31. The maximum atomic E-state index is 12.7. The number of carbonyl (C=O) groups is 1. The van der Waals surface area contributed by atoms with Crippen LogP contribution in [0.2, 0.25) is 0 Å². The van der Waals surface area contributed by atoms with Crippen molar-refractivity contribution in [2.75, 3.05) is 13.7 Å². The lowest BCUT2D eigenvalue weighted by molar-refractivity contribution is -0.0515. The quantitative estimate of drug-likeness (QED) is 0.575. The molecule has 0 radical (unpaired) electrons. The third-order valence-corrected chi connectivity index (χ3v) is 3.24. The van der Waals surface area contributed by atoms with Gasteiger partial charge >= 0.3 is 6.61 Å². The van der Waals surface area contributed by atoms with Gasteiger partial charge in [-0.3, -0.25) is 4.79 Å². The molecule has 6 nitrogen and oxygen atoms in total. The van der Waals surface area contributed by atoms with Gasteiger partial charge in [0, 0.05) is 11.1 Å². The minimum atomic E-state index is -3.02. The van der Waals surface area contributed by atoms with Crippen molar-refractivity contribution in [2.24, 2.45) is 5.10 Å². The van der Waals surface area contributed by atoms with Crippen LogP contribution in [0.1, 0.15) is 22.8 Å². The Morgan fingerprint density at radius 3 is 2.58 bits per heavy atom. The Balaban J connectivity index is 2.13. The lowest BCUT2D eigenvalue weighted by atomic mass is 10.2. The summed E-state index contributed by atoms with van der Waals surface area (Å²) in [7, 11) is 1.52. The van der Waals surface area contributed by atoms with Crippen LogP contribution in [0, 0.1) is 0 Å². The van der Waals surface area contributed by atoms with Gasteiger partial charge in [-0.15, -0.1) is 0 Å². The molecule has 0 aliphatic rings. The summed E-state index contributed by atoms with van der Waals surface area (Å²) in [5.41, 5.74) is 2.94. The Kier molecular flexibility index (Phi) is 6.90. The average molecular weight is 364 g/mol. The van der Waals surface area contributed by atoms with E-state index in [1.54, 1.807) is 37.3 Å². The first kappa shape index (κ1) is 19.2. The van der Waals surface area contributed by atoms with Crippen molar-refractivity contribution in [1.82, 2.24) is 5.43 Å². The molecule has 1 N–H and O–H groups in total. The molecule has 0 aliphatic heterocycles. The summed E-state index contributed by atoms with van der Waals surface area (Å²) in [6, 6.07) is 11.1. The van der Waals surface area contributed by atoms with Crippen LogP contribution in [-0.4, -0.2) is 32.4 Å². The Bertz CT molecular complexity index is 764. The number of alkyl halides is 2. The number of hydrogen-bond acceptors (Lipinski definition) is 5. The van der Waals surface area contributed by atoms with E-state index in [9.17, 15) is 13.6 Å². The fraction of sp³-hybridized carbons (Fsp3) is 0.222. The first-order valence-electron chi connectivity index (χ1n) is 7.73. The summed E-state index contributed by atoms with van der Waals surface area (Å²) in [5.74, 6) is 0.179. The Morgan fingerprint density at radius 1 is 1.23 bits per heavy atom. The molecule has 0 spiro atoms. The van der Waals surface area contributed by atoms with E-state index in [2.05, 4.69) is 15.3 Å². The monoisotopic (exact) mass is 364 g/mol. The van der Waals surface area contributed by atoms with Crippen LogP contribution >= 0.6 is 0 Å². The number of rotatable bonds is 8. The number of para-hydroxylation sites is 1. The van der Waals surface area contributed by atoms with Gasteiger partial charge in [0.15, 0.2) is 11.5 Å². The highest BCUT2D eigenvalue weighted by Gasteiger charge is 2.14. The fourth-order valence-electron chi connectivity index (χ4n) is 2.09. The second kappa shape index (κ2) is 9.36. The van der Waals surface area contributed by atoms with Crippen LogP contribution in [0.15, 0.2) is 47.6 Å². The van der Waals surface area contributed by atoms with Crippen LogP contribution in [-0.2, 0) is 0 Å². The van der Waals surface area contributed by atoms with Crippen molar-refractivity contribution < 1.29 is 27.8 Å². The molecule has 0 saturated carbocycles. The lowest BCUT2D eigenvalue weighted by Gasteiger charge is -2.13. The van der Waals surface area contributed by atoms with E-state index in [1.165, 1.54) is 25.5 Å². The van der Waals surface area contributed by atoms with Crippen LogP contribution < -0.4 is 19.6 Å². The summed E-state index contributed by atoms with van der Waals surface area (Å²) < 4.78 is 40.1. The molecular formula is C18H18F2N2O4. The normalized spacial score (nSPS) is 10.8. The molecule has 0 unspecified atom stereocenters. The Hall–Kier alpha value is -3.16. The number of methoxy groups -OCH3 is 1. The molecule has 2 aromatic rings. The van der Waals surface area contributed by atoms with E-state index in [1.807, 2.05) is 0 Å². The second-order valence-corrected chi connectivity index (χ2v) is 4.91. The number of nitrogens with one attached hydrogen (secondary N) is 1. The molecule has 2 aromatic carbocycles. The first-order chi connectivity index (χ1) is 12.5. The summed E-state index contributed by atoms with van der Waals surface area (Å²) >= 11 is 0. The largest absolute Gasteiger partial charge is 0.497 e. The maximum Gasteiger partial charge on any atom is 0.387 e. The molecule has 0 atom stereocenters. The zero-order valence-corrected chi connectivity index (χ0v) is 14.2. The molecule has 0 aromatic heterocycles. The molecule has 0 bridgehead atoms. The van der Waals surface area contributed by atoms with Crippen molar-refractivity contribution in [3.8, 4) is 17.2 Å². The van der Waals surface area contributed by atoms with E-state index in [4.69, 9.17) is 9.47 Å². The highest BCUT2D eigenvalue weighted by atomic mass is 19.3. The van der Waals surface area contributed by atoms with E-state index in [0.29, 0.717) is 11.3 Å². The van der Waals surface area contributed by atoms with Gasteiger partial charge in [0.2, 0.25) is 0 Å². The molecule has 8 heteroatoms. The van der Waals surface area contributed by atoms with E-state index in [-0.39, 0.29) is 23.7 Å². The van der Waals surface area contributed by atoms with Gasteiger partial charge in [0.05, 0.1) is 19.9 Å². The molecule has 0 aliphatic carbocycles. The zero-order valence-electron chi connectivity index (χ0n) is 14.2. The third kappa shape index (κ3) is 5.17. The number of benzene rings is 2. The smallest absolute Gasteiger partial charge is 0.387 e. The van der Waals surface area contributed by atoms with Crippen molar-refractivity contribution >= 4 is 12.1 Å². The van der Waals surface area contributed by atoms with Crippen LogP contribution in [0.4, 0.5) is 8.78 Å². The van der Waals surface area contributed by atoms with Crippen LogP contribution in [0.25, 0.3) is 0 Å². The minimum Gasteiger partial charge on any atom is -0.497 e. The topological polar surface area (TPSA) is 69.2 Å². The van der Waals surface area contributed by atoms with Crippen molar-refractivity contribution in [2.45, 2.75) is 13.5 Å². The third-order valence-electron chi connectivity index (χ3n) is 3.24. The van der Waals surface area contributed by atoms with E-state index >= 15 is 0 Å². The SMILES string of the molecule is CCOc1cccc(/C=N\NC(=O)c2ccc(OC)cc2)c1OC(F)F. The zero-order chi connectivity index (χ0) is 18.9. The summed E-state index contributed by atoms with van der Waals surface area (Å²) in [6.07, 6.45) is 1.21. The van der Waals surface area contributed by atoms with E-state index < -0.39 is 12.5 Å². The van der Waals surface area contributed by atoms with E-state index in [0.717, 1.165) is 0 Å². The number of amides is 1. The predicted octanol–water partition coefficient (Wildman–Crippen LogP) is 3.46. The number of hydrazone groups is 1. The predicted molar refractivity (Wildman–Crippen MR) is 92.3 cm³/mol. The van der Waals surface area contributed by atoms with Crippen molar-refractivity contribution in [3.05, 3.63) is 53.6 Å². The maximum absolute atomic E-state index is 12.7. The average Bonchev–Trinajstić information content (AvgIpc) is 2.64. The second-order valence-electron chi connectivity index (χ2n) is 4.91. The molecular weight excluding hydrogens is 346 g/mol. The van der Waals surface area contributed by atoms with Crippen LogP contribution in [0.5, 0.6) is 17.2 Å². The van der Waals surface area contributed by atoms with Gasteiger partial charge in [-0.1, -0.05) is 6.07 Å². The Labute approximate surface area is 149 Å². The molecule has 0 heterocycles. The van der Waals surface area contributed by atoms with Gasteiger partial charge in [-0.25, -0.2) is 5.43 Å². The van der Waals surface area contributed by atoms with Gasteiger partial charge < -0.3 is 14.2 Å². The highest BCUT2D eigenvalue weighted by molar-refractivity contribution is 5.95. The number of ether oxygens (including phenoxy) is 3. The number of nitrogens with zero attached hydrogens (tertiary/aromatic N) is 1. The molecule has 138 valence electrons. The first-order valence-corrected chi connectivity index (χ1v) is 7.73. The molecule has 0 saturated heterocycles. The Morgan fingerprint density at radius 2 is 1.96 bits per heavy atom. The molecule has 1 amide bonds. The minimum absolute atomic E-state index is 0.146. The molecule has 0 fully saturated rings. The van der Waals surface area contributed by atoms with Crippen LogP contribution in [0.3, 0.4) is 0 Å². The fourth-order valence-corrected chi connectivity index (χ4v) is 2.09. The van der Waals surface area contributed by atoms with Gasteiger partial charge in [-0.2, -0.15) is 13.9 Å². The molecule has 2 rings (SSSR count).